The van der Waals surface area contributed by atoms with Gasteiger partial charge < -0.3 is 43.4 Å². The molecule has 0 bridgehead atoms. The highest BCUT2D eigenvalue weighted by Crippen LogP contribution is 2.53. The summed E-state index contributed by atoms with van der Waals surface area (Å²) in [4.78, 5) is 11.6. The number of hydrogen-bond acceptors (Lipinski definition) is 10. The van der Waals surface area contributed by atoms with E-state index in [1.54, 1.807) is 24.3 Å². The molecule has 2 N–H and O–H groups in total. The maximum absolute atomic E-state index is 11.6. The molecule has 0 unspecified atom stereocenters. The molecule has 2 aliphatic heterocycles. The van der Waals surface area contributed by atoms with Crippen molar-refractivity contribution in [2.45, 2.75) is 19.1 Å². The van der Waals surface area contributed by atoms with Crippen LogP contribution in [0, 0.1) is 11.8 Å². The fourth-order valence-electron chi connectivity index (χ4n) is 4.51. The molecule has 34 heavy (non-hydrogen) atoms. The van der Waals surface area contributed by atoms with Crippen LogP contribution in [0.4, 0.5) is 0 Å². The van der Waals surface area contributed by atoms with Crippen molar-refractivity contribution in [1.29, 1.82) is 0 Å². The maximum atomic E-state index is 11.6. The number of carbonyl (C=O) groups excluding carboxylic acids is 1. The Morgan fingerprint density at radius 3 is 2.12 bits per heavy atom. The van der Waals surface area contributed by atoms with Gasteiger partial charge in [-0.15, -0.1) is 0 Å². The zero-order valence-corrected chi connectivity index (χ0v) is 19.4. The van der Waals surface area contributed by atoms with Crippen LogP contribution in [0.1, 0.15) is 30.3 Å². The largest absolute Gasteiger partial charge is 0.502 e. The molecule has 1 fully saturated rings. The predicted molar refractivity (Wildman–Crippen MR) is 118 cm³/mol. The first-order valence-electron chi connectivity index (χ1n) is 10.7. The average molecular weight is 476 g/mol. The van der Waals surface area contributed by atoms with E-state index in [9.17, 15) is 15.0 Å². The van der Waals surface area contributed by atoms with Crippen LogP contribution in [0.15, 0.2) is 24.3 Å². The van der Waals surface area contributed by atoms with E-state index in [-0.39, 0.29) is 37.3 Å². The van der Waals surface area contributed by atoms with Crippen molar-refractivity contribution >= 4 is 5.97 Å². The molecule has 0 amide bonds. The molecule has 1 saturated heterocycles. The van der Waals surface area contributed by atoms with Gasteiger partial charge in [0.1, 0.15) is 0 Å². The van der Waals surface area contributed by atoms with E-state index in [0.29, 0.717) is 22.8 Å². The van der Waals surface area contributed by atoms with Crippen molar-refractivity contribution in [2.24, 2.45) is 11.8 Å². The van der Waals surface area contributed by atoms with Gasteiger partial charge in [-0.3, -0.25) is 4.79 Å². The van der Waals surface area contributed by atoms with Crippen molar-refractivity contribution in [2.75, 3.05) is 41.3 Å². The molecular formula is C24H28O10. The summed E-state index contributed by atoms with van der Waals surface area (Å²) < 4.78 is 38.9. The fraction of sp³-hybridized carbons (Fsp3) is 0.458. The predicted octanol–water partition coefficient (Wildman–Crippen LogP) is 2.75. The van der Waals surface area contributed by atoms with E-state index < -0.39 is 30.0 Å². The number of esters is 1. The molecule has 2 aromatic carbocycles. The Morgan fingerprint density at radius 1 is 0.941 bits per heavy atom. The molecular weight excluding hydrogens is 448 g/mol. The van der Waals surface area contributed by atoms with E-state index >= 15 is 0 Å². The third-order valence-corrected chi connectivity index (χ3v) is 6.15. The number of phenolic OH excluding ortho intramolecular Hbond substituents is 1. The zero-order chi connectivity index (χ0) is 24.4. The van der Waals surface area contributed by atoms with Crippen molar-refractivity contribution in [1.82, 2.24) is 0 Å². The smallest absolute Gasteiger partial charge is 0.302 e. The summed E-state index contributed by atoms with van der Waals surface area (Å²) in [6.45, 7) is 1.20. The van der Waals surface area contributed by atoms with E-state index in [1.165, 1.54) is 28.3 Å². The van der Waals surface area contributed by atoms with Crippen LogP contribution in [0.25, 0.3) is 0 Å². The first-order chi connectivity index (χ1) is 16.4. The molecule has 4 rings (SSSR count). The maximum Gasteiger partial charge on any atom is 0.302 e. The molecule has 184 valence electrons. The molecule has 2 aliphatic rings. The first kappa shape index (κ1) is 23.8. The summed E-state index contributed by atoms with van der Waals surface area (Å²) >= 11 is 0. The molecule has 2 aromatic rings. The number of phenols is 1. The molecule has 0 spiro atoms. The highest BCUT2D eigenvalue weighted by molar-refractivity contribution is 5.66. The number of hydrogen-bond donors (Lipinski definition) is 2. The summed E-state index contributed by atoms with van der Waals surface area (Å²) in [7, 11) is 4.40. The number of rotatable bonds is 8. The quantitative estimate of drug-likeness (QED) is 0.550. The van der Waals surface area contributed by atoms with E-state index in [4.69, 9.17) is 33.2 Å². The van der Waals surface area contributed by atoms with Crippen LogP contribution in [0.3, 0.4) is 0 Å². The monoisotopic (exact) mass is 476 g/mol. The lowest BCUT2D eigenvalue weighted by Crippen LogP contribution is -2.25. The Bertz CT molecular complexity index is 1030. The van der Waals surface area contributed by atoms with Crippen LogP contribution < -0.4 is 23.7 Å². The Morgan fingerprint density at radius 2 is 1.53 bits per heavy atom. The van der Waals surface area contributed by atoms with Gasteiger partial charge in [0.2, 0.25) is 18.3 Å². The Balaban J connectivity index is 1.77. The number of carbonyl (C=O) groups is 1. The van der Waals surface area contributed by atoms with Gasteiger partial charge in [0.15, 0.2) is 23.0 Å². The highest BCUT2D eigenvalue weighted by atomic mass is 16.7. The second-order valence-electron chi connectivity index (χ2n) is 8.02. The van der Waals surface area contributed by atoms with Crippen molar-refractivity contribution in [3.05, 3.63) is 35.4 Å². The standard InChI is InChI=1S/C24H28O10/c1-12(26)31-10-16-15(9-25)22(13-5-17(28-2)21(27)18(6-13)29-3)34-23(16)14-7-19(30-4)24-20(8-14)32-11-33-24/h5-8,15-16,22-23,25,27H,9-11H2,1-4H3/t15-,16-,22-,23+/m0/s1. The van der Waals surface area contributed by atoms with Crippen LogP contribution in [0.5, 0.6) is 34.5 Å². The summed E-state index contributed by atoms with van der Waals surface area (Å²) in [6.07, 6.45) is -1.19. The van der Waals surface area contributed by atoms with E-state index in [0.717, 1.165) is 5.56 Å². The number of benzene rings is 2. The lowest BCUT2D eigenvalue weighted by molar-refractivity contribution is -0.143. The van der Waals surface area contributed by atoms with Gasteiger partial charge in [0.25, 0.3) is 0 Å². The Hall–Kier alpha value is -3.37. The lowest BCUT2D eigenvalue weighted by atomic mass is 9.83. The second kappa shape index (κ2) is 9.86. The first-order valence-corrected chi connectivity index (χ1v) is 10.7. The minimum absolute atomic E-state index is 0.0326. The summed E-state index contributed by atoms with van der Waals surface area (Å²) in [5.41, 5.74) is 1.35. The molecule has 0 saturated carbocycles. The van der Waals surface area contributed by atoms with Gasteiger partial charge in [-0.2, -0.15) is 0 Å². The Labute approximate surface area is 196 Å². The lowest BCUT2D eigenvalue weighted by Gasteiger charge is -2.23. The minimum atomic E-state index is -0.615. The number of ether oxygens (including phenoxy) is 7. The SMILES string of the molecule is COc1cc([C@@H]2O[C@H](c3cc(OC)c4c(c3)OCO4)[C@@H](COC(C)=O)[C@@H]2CO)cc(OC)c1O. The normalized spacial score (nSPS) is 23.0. The average Bonchev–Trinajstić information content (AvgIpc) is 3.46. The van der Waals surface area contributed by atoms with Crippen LogP contribution >= 0.6 is 0 Å². The number of aliphatic hydroxyl groups is 1. The Kier molecular flexibility index (Phi) is 6.90. The van der Waals surface area contributed by atoms with E-state index in [2.05, 4.69) is 0 Å². The van der Waals surface area contributed by atoms with Gasteiger partial charge in [-0.25, -0.2) is 0 Å². The second-order valence-corrected chi connectivity index (χ2v) is 8.02. The third kappa shape index (κ3) is 4.26. The van der Waals surface area contributed by atoms with Gasteiger partial charge in [-0.1, -0.05) is 0 Å². The van der Waals surface area contributed by atoms with Gasteiger partial charge in [-0.05, 0) is 35.4 Å². The molecule has 10 heteroatoms. The van der Waals surface area contributed by atoms with Gasteiger partial charge >= 0.3 is 5.97 Å². The molecule has 0 radical (unpaired) electrons. The summed E-state index contributed by atoms with van der Waals surface area (Å²) in [5.74, 6) is 0.506. The van der Waals surface area contributed by atoms with Crippen molar-refractivity contribution in [3.8, 4) is 34.5 Å². The topological polar surface area (TPSA) is 122 Å². The number of aromatic hydroxyl groups is 1. The molecule has 2 heterocycles. The number of aliphatic hydroxyl groups excluding tert-OH is 1. The third-order valence-electron chi connectivity index (χ3n) is 6.15. The number of fused-ring (bicyclic) bond motifs is 1. The minimum Gasteiger partial charge on any atom is -0.502 e. The van der Waals surface area contributed by atoms with Gasteiger partial charge in [0.05, 0.1) is 40.1 Å². The molecule has 10 nitrogen and oxygen atoms in total. The van der Waals surface area contributed by atoms with Crippen molar-refractivity contribution in [3.63, 3.8) is 0 Å². The van der Waals surface area contributed by atoms with Crippen LogP contribution in [0.2, 0.25) is 0 Å². The highest BCUT2D eigenvalue weighted by Gasteiger charge is 2.47. The number of methoxy groups -OCH3 is 3. The molecule has 0 aliphatic carbocycles. The van der Waals surface area contributed by atoms with Crippen molar-refractivity contribution < 1.29 is 48.2 Å². The van der Waals surface area contributed by atoms with E-state index in [1.807, 2.05) is 0 Å². The zero-order valence-electron chi connectivity index (χ0n) is 19.4. The summed E-state index contributed by atoms with van der Waals surface area (Å²) in [6, 6.07) is 6.85. The van der Waals surface area contributed by atoms with Crippen LogP contribution in [-0.4, -0.2) is 57.5 Å². The van der Waals surface area contributed by atoms with Gasteiger partial charge in [0, 0.05) is 25.4 Å². The molecule has 4 atom stereocenters. The van der Waals surface area contributed by atoms with Crippen LogP contribution in [-0.2, 0) is 14.3 Å². The summed E-state index contributed by atoms with van der Waals surface area (Å²) in [5, 5.41) is 20.7. The molecule has 0 aromatic heterocycles. The fourth-order valence-corrected chi connectivity index (χ4v) is 4.51.